The SMILES string of the molecule is CC(N)Cc1cn(CCc2cccs2)c2ccccc12. The van der Waals surface area contributed by atoms with E-state index in [2.05, 4.69) is 59.5 Å². The zero-order chi connectivity index (χ0) is 13.9. The summed E-state index contributed by atoms with van der Waals surface area (Å²) in [5.41, 5.74) is 8.65. The molecule has 2 aromatic heterocycles. The van der Waals surface area contributed by atoms with Crippen LogP contribution in [0, 0.1) is 0 Å². The number of rotatable bonds is 5. The maximum atomic E-state index is 5.97. The first-order valence-corrected chi connectivity index (χ1v) is 7.96. The van der Waals surface area contributed by atoms with Crippen LogP contribution >= 0.6 is 11.3 Å². The fourth-order valence-electron chi connectivity index (χ4n) is 2.70. The predicted molar refractivity (Wildman–Crippen MR) is 87.3 cm³/mol. The number of fused-ring (bicyclic) bond motifs is 1. The zero-order valence-electron chi connectivity index (χ0n) is 11.8. The highest BCUT2D eigenvalue weighted by Crippen LogP contribution is 2.23. The van der Waals surface area contributed by atoms with Gasteiger partial charge in [0.2, 0.25) is 0 Å². The van der Waals surface area contributed by atoms with Crippen molar-refractivity contribution in [3.05, 3.63) is 58.4 Å². The molecule has 1 unspecified atom stereocenters. The van der Waals surface area contributed by atoms with E-state index in [1.54, 1.807) is 0 Å². The van der Waals surface area contributed by atoms with Crippen LogP contribution < -0.4 is 5.73 Å². The quantitative estimate of drug-likeness (QED) is 0.758. The molecular weight excluding hydrogens is 264 g/mol. The standard InChI is InChI=1S/C17H20N2S/c1-13(18)11-14-12-19(9-8-15-5-4-10-20-15)17-7-3-2-6-16(14)17/h2-7,10,12-13H,8-9,11,18H2,1H3. The summed E-state index contributed by atoms with van der Waals surface area (Å²) >= 11 is 1.83. The van der Waals surface area contributed by atoms with E-state index in [0.717, 1.165) is 19.4 Å². The van der Waals surface area contributed by atoms with Crippen molar-refractivity contribution < 1.29 is 0 Å². The predicted octanol–water partition coefficient (Wildman–Crippen LogP) is 3.84. The van der Waals surface area contributed by atoms with E-state index in [1.165, 1.54) is 21.3 Å². The minimum atomic E-state index is 0.201. The summed E-state index contributed by atoms with van der Waals surface area (Å²) in [4.78, 5) is 1.44. The Kier molecular flexibility index (Phi) is 3.90. The number of hydrogen-bond donors (Lipinski definition) is 1. The maximum Gasteiger partial charge on any atom is 0.0483 e. The smallest absolute Gasteiger partial charge is 0.0483 e. The molecule has 0 aliphatic carbocycles. The molecule has 0 radical (unpaired) electrons. The van der Waals surface area contributed by atoms with E-state index in [1.807, 2.05) is 11.3 Å². The average molecular weight is 284 g/mol. The Morgan fingerprint density at radius 1 is 1.20 bits per heavy atom. The monoisotopic (exact) mass is 284 g/mol. The first kappa shape index (κ1) is 13.4. The van der Waals surface area contributed by atoms with Crippen LogP contribution in [0.15, 0.2) is 48.0 Å². The van der Waals surface area contributed by atoms with Crippen LogP contribution in [0.5, 0.6) is 0 Å². The normalized spacial score (nSPS) is 12.9. The number of para-hydroxylation sites is 1. The lowest BCUT2D eigenvalue weighted by Crippen LogP contribution is -2.17. The fraction of sp³-hybridized carbons (Fsp3) is 0.294. The van der Waals surface area contributed by atoms with Gasteiger partial charge in [-0.3, -0.25) is 0 Å². The lowest BCUT2D eigenvalue weighted by atomic mass is 10.1. The molecule has 0 aliphatic rings. The Morgan fingerprint density at radius 2 is 2.05 bits per heavy atom. The van der Waals surface area contributed by atoms with Crippen LogP contribution in [-0.2, 0) is 19.4 Å². The van der Waals surface area contributed by atoms with Gasteiger partial charge in [0.25, 0.3) is 0 Å². The summed E-state index contributed by atoms with van der Waals surface area (Å²) in [7, 11) is 0. The van der Waals surface area contributed by atoms with Crippen LogP contribution in [0.1, 0.15) is 17.4 Å². The third-order valence-corrected chi connectivity index (χ3v) is 4.53. The van der Waals surface area contributed by atoms with Gasteiger partial charge < -0.3 is 10.3 Å². The van der Waals surface area contributed by atoms with Crippen LogP contribution in [0.3, 0.4) is 0 Å². The highest BCUT2D eigenvalue weighted by molar-refractivity contribution is 7.09. The van der Waals surface area contributed by atoms with Gasteiger partial charge in [0.15, 0.2) is 0 Å². The van der Waals surface area contributed by atoms with Crippen LogP contribution in [0.4, 0.5) is 0 Å². The van der Waals surface area contributed by atoms with Gasteiger partial charge in [-0.2, -0.15) is 0 Å². The third kappa shape index (κ3) is 2.79. The maximum absolute atomic E-state index is 5.97. The minimum absolute atomic E-state index is 0.201. The second kappa shape index (κ2) is 5.81. The van der Waals surface area contributed by atoms with Gasteiger partial charge >= 0.3 is 0 Å². The summed E-state index contributed by atoms with van der Waals surface area (Å²) in [6, 6.07) is 13.2. The van der Waals surface area contributed by atoms with Gasteiger partial charge in [0.05, 0.1) is 0 Å². The molecule has 0 saturated carbocycles. The van der Waals surface area contributed by atoms with E-state index in [4.69, 9.17) is 5.73 Å². The molecule has 1 aromatic carbocycles. The van der Waals surface area contributed by atoms with Gasteiger partial charge in [-0.15, -0.1) is 11.3 Å². The summed E-state index contributed by atoms with van der Waals surface area (Å²) in [6.07, 6.45) is 4.31. The molecule has 104 valence electrons. The van der Waals surface area contributed by atoms with E-state index < -0.39 is 0 Å². The zero-order valence-corrected chi connectivity index (χ0v) is 12.6. The van der Waals surface area contributed by atoms with Crippen molar-refractivity contribution in [3.63, 3.8) is 0 Å². The van der Waals surface area contributed by atoms with Crippen molar-refractivity contribution >= 4 is 22.2 Å². The Hall–Kier alpha value is -1.58. The van der Waals surface area contributed by atoms with Crippen molar-refractivity contribution in [3.8, 4) is 0 Å². The molecule has 2 nitrogen and oxygen atoms in total. The topological polar surface area (TPSA) is 30.9 Å². The van der Waals surface area contributed by atoms with E-state index in [0.29, 0.717) is 0 Å². The molecule has 3 heteroatoms. The molecule has 3 rings (SSSR count). The van der Waals surface area contributed by atoms with Crippen LogP contribution in [0.2, 0.25) is 0 Å². The Labute approximate surface area is 123 Å². The van der Waals surface area contributed by atoms with E-state index in [9.17, 15) is 0 Å². The minimum Gasteiger partial charge on any atom is -0.347 e. The summed E-state index contributed by atoms with van der Waals surface area (Å²) in [6.45, 7) is 3.09. The molecule has 0 aliphatic heterocycles. The number of thiophene rings is 1. The average Bonchev–Trinajstić information content (AvgIpc) is 3.05. The fourth-order valence-corrected chi connectivity index (χ4v) is 3.40. The molecule has 0 fully saturated rings. The first-order valence-electron chi connectivity index (χ1n) is 7.09. The third-order valence-electron chi connectivity index (χ3n) is 3.59. The van der Waals surface area contributed by atoms with Gasteiger partial charge in [-0.1, -0.05) is 24.3 Å². The van der Waals surface area contributed by atoms with Gasteiger partial charge in [-0.05, 0) is 42.8 Å². The molecule has 0 amide bonds. The molecule has 2 heterocycles. The molecule has 0 bridgehead atoms. The molecule has 20 heavy (non-hydrogen) atoms. The largest absolute Gasteiger partial charge is 0.347 e. The van der Waals surface area contributed by atoms with E-state index in [-0.39, 0.29) is 6.04 Å². The summed E-state index contributed by atoms with van der Waals surface area (Å²) < 4.78 is 2.37. The Morgan fingerprint density at radius 3 is 2.80 bits per heavy atom. The molecule has 0 spiro atoms. The first-order chi connectivity index (χ1) is 9.74. The number of aryl methyl sites for hydroxylation is 2. The molecular formula is C17H20N2S. The number of nitrogens with two attached hydrogens (primary N) is 1. The number of hydrogen-bond acceptors (Lipinski definition) is 2. The van der Waals surface area contributed by atoms with Crippen molar-refractivity contribution in [2.45, 2.75) is 32.4 Å². The van der Waals surface area contributed by atoms with Gasteiger partial charge in [-0.25, -0.2) is 0 Å². The van der Waals surface area contributed by atoms with E-state index >= 15 is 0 Å². The highest BCUT2D eigenvalue weighted by Gasteiger charge is 2.09. The Balaban J connectivity index is 1.90. The van der Waals surface area contributed by atoms with Crippen molar-refractivity contribution in [1.82, 2.24) is 4.57 Å². The summed E-state index contributed by atoms with van der Waals surface area (Å²) in [5.74, 6) is 0. The Bertz CT molecular complexity index is 680. The van der Waals surface area contributed by atoms with Crippen LogP contribution in [-0.4, -0.2) is 10.6 Å². The second-order valence-corrected chi connectivity index (χ2v) is 6.41. The van der Waals surface area contributed by atoms with Gasteiger partial charge in [0, 0.05) is 34.6 Å². The van der Waals surface area contributed by atoms with Gasteiger partial charge in [0.1, 0.15) is 0 Å². The van der Waals surface area contributed by atoms with Crippen molar-refractivity contribution in [1.29, 1.82) is 0 Å². The highest BCUT2D eigenvalue weighted by atomic mass is 32.1. The number of nitrogens with zero attached hydrogens (tertiary/aromatic N) is 1. The van der Waals surface area contributed by atoms with Crippen molar-refractivity contribution in [2.24, 2.45) is 5.73 Å². The lowest BCUT2D eigenvalue weighted by molar-refractivity contribution is 0.710. The second-order valence-electron chi connectivity index (χ2n) is 5.38. The molecule has 2 N–H and O–H groups in total. The van der Waals surface area contributed by atoms with Crippen molar-refractivity contribution in [2.75, 3.05) is 0 Å². The van der Waals surface area contributed by atoms with Crippen LogP contribution in [0.25, 0.3) is 10.9 Å². The summed E-state index contributed by atoms with van der Waals surface area (Å²) in [5, 5.41) is 3.49. The number of benzene rings is 1. The molecule has 0 saturated heterocycles. The lowest BCUT2D eigenvalue weighted by Gasteiger charge is -2.03. The number of aromatic nitrogens is 1. The molecule has 1 atom stereocenters. The molecule has 3 aromatic rings.